The molecule has 3 rings (SSSR count). The van der Waals surface area contributed by atoms with Crippen molar-refractivity contribution in [3.63, 3.8) is 0 Å². The molecule has 1 heterocycles. The summed E-state index contributed by atoms with van der Waals surface area (Å²) in [7, 11) is 0. The van der Waals surface area contributed by atoms with E-state index in [9.17, 15) is 4.79 Å². The molecule has 1 aliphatic carbocycles. The van der Waals surface area contributed by atoms with Gasteiger partial charge in [0.1, 0.15) is 5.75 Å². The van der Waals surface area contributed by atoms with E-state index >= 15 is 0 Å². The number of ether oxygens (including phenoxy) is 1. The van der Waals surface area contributed by atoms with Crippen molar-refractivity contribution in [3.8, 4) is 5.75 Å². The highest BCUT2D eigenvalue weighted by Gasteiger charge is 2.23. The van der Waals surface area contributed by atoms with E-state index in [4.69, 9.17) is 4.74 Å². The van der Waals surface area contributed by atoms with Gasteiger partial charge in [0.2, 0.25) is 0 Å². The monoisotopic (exact) mass is 392 g/mol. The summed E-state index contributed by atoms with van der Waals surface area (Å²) >= 11 is 3.39. The summed E-state index contributed by atoms with van der Waals surface area (Å²) in [6, 6.07) is 7.57. The average molecular weight is 393 g/mol. The summed E-state index contributed by atoms with van der Waals surface area (Å²) < 4.78 is 6.60. The van der Waals surface area contributed by atoms with Gasteiger partial charge in [-0.25, -0.2) is 0 Å². The molecule has 1 amide bonds. The fraction of sp³-hybridized carbons (Fsp3) is 0.526. The van der Waals surface area contributed by atoms with E-state index in [1.54, 1.807) is 0 Å². The van der Waals surface area contributed by atoms with Crippen molar-refractivity contribution < 1.29 is 9.53 Å². The van der Waals surface area contributed by atoms with Crippen LogP contribution in [0.3, 0.4) is 0 Å². The van der Waals surface area contributed by atoms with E-state index in [-0.39, 0.29) is 12.5 Å². The summed E-state index contributed by atoms with van der Waals surface area (Å²) in [5, 5.41) is 0. The Morgan fingerprint density at radius 3 is 2.54 bits per heavy atom. The number of allylic oxidation sites excluding steroid dienone is 2. The molecule has 0 N–H and O–H groups in total. The molecular formula is C19H25BrN2O2. The minimum Gasteiger partial charge on any atom is -0.484 e. The molecule has 1 atom stereocenters. The lowest BCUT2D eigenvalue weighted by atomic mass is 9.94. The number of hydrogen-bond acceptors (Lipinski definition) is 3. The van der Waals surface area contributed by atoms with Crippen molar-refractivity contribution in [2.75, 3.05) is 39.3 Å². The first-order chi connectivity index (χ1) is 11.7. The van der Waals surface area contributed by atoms with Crippen molar-refractivity contribution >= 4 is 21.8 Å². The molecule has 0 saturated carbocycles. The number of amides is 1. The lowest BCUT2D eigenvalue weighted by molar-refractivity contribution is -0.135. The van der Waals surface area contributed by atoms with Crippen LogP contribution in [0.4, 0.5) is 0 Å². The molecule has 1 aliphatic heterocycles. The van der Waals surface area contributed by atoms with Gasteiger partial charge in [-0.05, 0) is 49.4 Å². The Morgan fingerprint density at radius 1 is 1.12 bits per heavy atom. The third kappa shape index (κ3) is 5.08. The van der Waals surface area contributed by atoms with Gasteiger partial charge in [-0.15, -0.1) is 0 Å². The van der Waals surface area contributed by atoms with Gasteiger partial charge in [-0.1, -0.05) is 28.1 Å². The molecular weight excluding hydrogens is 368 g/mol. The van der Waals surface area contributed by atoms with Crippen molar-refractivity contribution in [2.24, 2.45) is 5.92 Å². The third-order valence-corrected chi connectivity index (χ3v) is 5.32. The third-order valence-electron chi connectivity index (χ3n) is 4.80. The smallest absolute Gasteiger partial charge is 0.260 e. The average Bonchev–Trinajstić information content (AvgIpc) is 2.62. The van der Waals surface area contributed by atoms with Crippen molar-refractivity contribution in [1.29, 1.82) is 0 Å². The van der Waals surface area contributed by atoms with Gasteiger partial charge in [0, 0.05) is 37.2 Å². The molecule has 0 spiro atoms. The van der Waals surface area contributed by atoms with Gasteiger partial charge >= 0.3 is 0 Å². The summed E-state index contributed by atoms with van der Waals surface area (Å²) in [6.07, 6.45) is 8.33. The molecule has 1 aromatic rings. The molecule has 130 valence electrons. The number of piperazine rings is 1. The quantitative estimate of drug-likeness (QED) is 0.720. The second kappa shape index (κ2) is 8.67. The highest BCUT2D eigenvalue weighted by atomic mass is 79.9. The minimum absolute atomic E-state index is 0.0816. The van der Waals surface area contributed by atoms with Crippen LogP contribution in [-0.4, -0.2) is 55.0 Å². The molecule has 24 heavy (non-hydrogen) atoms. The van der Waals surface area contributed by atoms with Gasteiger partial charge in [0.15, 0.2) is 6.61 Å². The maximum Gasteiger partial charge on any atom is 0.260 e. The first kappa shape index (κ1) is 17.5. The van der Waals surface area contributed by atoms with Crippen LogP contribution < -0.4 is 4.74 Å². The highest BCUT2D eigenvalue weighted by Crippen LogP contribution is 2.20. The molecule has 4 nitrogen and oxygen atoms in total. The first-order valence-electron chi connectivity index (χ1n) is 8.74. The molecule has 2 aliphatic rings. The number of carbonyl (C=O) groups excluding carboxylic acids is 1. The van der Waals surface area contributed by atoms with Crippen molar-refractivity contribution in [3.05, 3.63) is 40.9 Å². The zero-order valence-electron chi connectivity index (χ0n) is 14.0. The van der Waals surface area contributed by atoms with E-state index in [0.29, 0.717) is 0 Å². The number of hydrogen-bond donors (Lipinski definition) is 0. The Hall–Kier alpha value is -1.33. The van der Waals surface area contributed by atoms with Crippen molar-refractivity contribution in [2.45, 2.75) is 19.3 Å². The molecule has 0 unspecified atom stereocenters. The Labute approximate surface area is 152 Å². The fourth-order valence-electron chi connectivity index (χ4n) is 3.33. The predicted molar refractivity (Wildman–Crippen MR) is 99.1 cm³/mol. The topological polar surface area (TPSA) is 32.8 Å². The highest BCUT2D eigenvalue weighted by molar-refractivity contribution is 9.10. The number of nitrogens with zero attached hydrogens (tertiary/aromatic N) is 2. The van der Waals surface area contributed by atoms with Crippen LogP contribution in [0.25, 0.3) is 0 Å². The standard InChI is InChI=1S/C19H25BrN2O2/c20-17-6-8-18(9-7-17)24-15-19(23)22-12-10-21(11-13-22)14-16-4-2-1-3-5-16/h1-2,6-9,16H,3-5,10-15H2/t16-/m0/s1. The second-order valence-electron chi connectivity index (χ2n) is 6.57. The molecule has 0 bridgehead atoms. The molecule has 5 heteroatoms. The van der Waals surface area contributed by atoms with E-state index < -0.39 is 0 Å². The molecule has 1 fully saturated rings. The van der Waals surface area contributed by atoms with Crippen LogP contribution >= 0.6 is 15.9 Å². The van der Waals surface area contributed by atoms with Gasteiger partial charge in [-0.3, -0.25) is 9.69 Å². The van der Waals surface area contributed by atoms with Crippen LogP contribution in [0.15, 0.2) is 40.9 Å². The van der Waals surface area contributed by atoms with Crippen LogP contribution in [0, 0.1) is 5.92 Å². The molecule has 0 radical (unpaired) electrons. The van der Waals surface area contributed by atoms with E-state index in [1.165, 1.54) is 25.8 Å². The zero-order valence-corrected chi connectivity index (χ0v) is 15.6. The van der Waals surface area contributed by atoms with E-state index in [1.807, 2.05) is 29.2 Å². The first-order valence-corrected chi connectivity index (χ1v) is 9.53. The maximum absolute atomic E-state index is 12.3. The normalized spacial score (nSPS) is 21.7. The Morgan fingerprint density at radius 2 is 1.88 bits per heavy atom. The Kier molecular flexibility index (Phi) is 6.32. The van der Waals surface area contributed by atoms with Gasteiger partial charge in [0.05, 0.1) is 0 Å². The Bertz CT molecular complexity index is 565. The van der Waals surface area contributed by atoms with Gasteiger partial charge < -0.3 is 9.64 Å². The second-order valence-corrected chi connectivity index (χ2v) is 7.49. The zero-order chi connectivity index (χ0) is 16.8. The SMILES string of the molecule is O=C(COc1ccc(Br)cc1)N1CCN(C[C@H]2CC=CCC2)CC1. The largest absolute Gasteiger partial charge is 0.484 e. The maximum atomic E-state index is 12.3. The van der Waals surface area contributed by atoms with Crippen LogP contribution in [0.1, 0.15) is 19.3 Å². The van der Waals surface area contributed by atoms with Crippen LogP contribution in [0.2, 0.25) is 0 Å². The van der Waals surface area contributed by atoms with Crippen LogP contribution in [-0.2, 0) is 4.79 Å². The number of carbonyl (C=O) groups is 1. The fourth-order valence-corrected chi connectivity index (χ4v) is 3.60. The summed E-state index contributed by atoms with van der Waals surface area (Å²) in [4.78, 5) is 16.7. The number of halogens is 1. The van der Waals surface area contributed by atoms with Crippen LogP contribution in [0.5, 0.6) is 5.75 Å². The van der Waals surface area contributed by atoms with Crippen molar-refractivity contribution in [1.82, 2.24) is 9.80 Å². The lowest BCUT2D eigenvalue weighted by Gasteiger charge is -2.36. The molecule has 1 aromatic carbocycles. The van der Waals surface area contributed by atoms with Gasteiger partial charge in [-0.2, -0.15) is 0 Å². The minimum atomic E-state index is 0.0816. The summed E-state index contributed by atoms with van der Waals surface area (Å²) in [5.74, 6) is 1.60. The number of rotatable bonds is 5. The molecule has 1 saturated heterocycles. The van der Waals surface area contributed by atoms with E-state index in [0.717, 1.165) is 42.3 Å². The Balaban J connectivity index is 1.38. The van der Waals surface area contributed by atoms with Gasteiger partial charge in [0.25, 0.3) is 5.91 Å². The predicted octanol–water partition coefficient (Wildman–Crippen LogP) is 3.33. The summed E-state index contributed by atoms with van der Waals surface area (Å²) in [5.41, 5.74) is 0. The molecule has 0 aromatic heterocycles. The number of benzene rings is 1. The lowest BCUT2D eigenvalue weighted by Crippen LogP contribution is -2.50. The summed E-state index contributed by atoms with van der Waals surface area (Å²) in [6.45, 7) is 4.86. The van der Waals surface area contributed by atoms with E-state index in [2.05, 4.69) is 33.0 Å².